The third-order valence-electron chi connectivity index (χ3n) is 4.53. The van der Waals surface area contributed by atoms with Crippen molar-refractivity contribution in [1.29, 1.82) is 0 Å². The minimum absolute atomic E-state index is 0.00980. The molecule has 1 heterocycles. The smallest absolute Gasteiger partial charge is 0.323 e. The summed E-state index contributed by atoms with van der Waals surface area (Å²) in [5, 5.41) is 7.71. The third-order valence-corrected chi connectivity index (χ3v) is 4.53. The van der Waals surface area contributed by atoms with E-state index >= 15 is 0 Å². The summed E-state index contributed by atoms with van der Waals surface area (Å²) in [5.41, 5.74) is 2.14. The molecular weight excluding hydrogens is 383 g/mol. The van der Waals surface area contributed by atoms with Gasteiger partial charge in [0.05, 0.1) is 17.1 Å². The Hall–Kier alpha value is -4.00. The molecule has 1 aromatic heterocycles. The van der Waals surface area contributed by atoms with Crippen molar-refractivity contribution >= 4 is 28.2 Å². The van der Waals surface area contributed by atoms with Gasteiger partial charge in [-0.2, -0.15) is 9.97 Å². The Morgan fingerprint density at radius 3 is 2.27 bits per heavy atom. The lowest BCUT2D eigenvalue weighted by Crippen LogP contribution is -2.21. The molecule has 0 bridgehead atoms. The average molecular weight is 402 g/mol. The highest BCUT2D eigenvalue weighted by molar-refractivity contribution is 6.01. The largest absolute Gasteiger partial charge is 0.421 e. The van der Waals surface area contributed by atoms with Crippen LogP contribution in [0.1, 0.15) is 11.4 Å². The van der Waals surface area contributed by atoms with Crippen LogP contribution in [0.2, 0.25) is 0 Å². The number of nitrogens with one attached hydrogen (secondary N) is 2. The number of rotatable bonds is 4. The zero-order valence-corrected chi connectivity index (χ0v) is 16.4. The van der Waals surface area contributed by atoms with Gasteiger partial charge in [-0.3, -0.25) is 0 Å². The number of aryl methyl sites for hydroxylation is 2. The minimum atomic E-state index is -0.506. The topological polar surface area (TPSA) is 76.1 Å². The van der Waals surface area contributed by atoms with E-state index < -0.39 is 11.8 Å². The molecule has 0 atom stereocenters. The number of halogens is 1. The van der Waals surface area contributed by atoms with Crippen molar-refractivity contribution < 1.29 is 13.9 Å². The second-order valence-electron chi connectivity index (χ2n) is 6.73. The molecular formula is C23H19FN4O2. The molecule has 0 spiro atoms. The first-order valence-electron chi connectivity index (χ1n) is 9.34. The van der Waals surface area contributed by atoms with E-state index in [2.05, 4.69) is 20.6 Å². The van der Waals surface area contributed by atoms with Crippen molar-refractivity contribution in [3.05, 3.63) is 83.9 Å². The van der Waals surface area contributed by atoms with E-state index in [4.69, 9.17) is 4.74 Å². The van der Waals surface area contributed by atoms with Gasteiger partial charge in [0.1, 0.15) is 0 Å². The van der Waals surface area contributed by atoms with Gasteiger partial charge in [0.2, 0.25) is 0 Å². The molecule has 3 aromatic carbocycles. The standard InChI is InChI=1S/C23H19FN4O2/c1-14-21(15(2)26-23(25-14)30-20-10-6-5-9-19(20)24)28-22(29)27-18-12-11-16-7-3-4-8-17(16)13-18/h3-13H,1-2H3,(H2,27,28,29). The Kier molecular flexibility index (Phi) is 5.26. The molecule has 4 rings (SSSR count). The van der Waals surface area contributed by atoms with Crippen molar-refractivity contribution in [1.82, 2.24) is 9.97 Å². The predicted octanol–water partition coefficient (Wildman–Crippen LogP) is 5.82. The van der Waals surface area contributed by atoms with E-state index in [1.54, 1.807) is 26.0 Å². The highest BCUT2D eigenvalue weighted by atomic mass is 19.1. The zero-order chi connectivity index (χ0) is 21.1. The molecule has 6 nitrogen and oxygen atoms in total. The number of carbonyl (C=O) groups excluding carboxylic acids is 1. The molecule has 0 unspecified atom stereocenters. The van der Waals surface area contributed by atoms with E-state index in [-0.39, 0.29) is 11.8 Å². The van der Waals surface area contributed by atoms with Gasteiger partial charge in [0, 0.05) is 5.69 Å². The quantitative estimate of drug-likeness (QED) is 0.451. The van der Waals surface area contributed by atoms with E-state index in [1.165, 1.54) is 12.1 Å². The maximum absolute atomic E-state index is 13.8. The number of hydrogen-bond acceptors (Lipinski definition) is 4. The number of ether oxygens (including phenoxy) is 1. The van der Waals surface area contributed by atoms with Crippen molar-refractivity contribution in [2.45, 2.75) is 13.8 Å². The van der Waals surface area contributed by atoms with Crippen LogP contribution in [-0.4, -0.2) is 16.0 Å². The molecule has 2 amide bonds. The van der Waals surface area contributed by atoms with E-state index in [0.29, 0.717) is 22.8 Å². The summed E-state index contributed by atoms with van der Waals surface area (Å²) in [6, 6.07) is 19.2. The number of amides is 2. The van der Waals surface area contributed by atoms with Gasteiger partial charge in [0.15, 0.2) is 11.6 Å². The molecule has 4 aromatic rings. The van der Waals surface area contributed by atoms with Crippen LogP contribution in [0, 0.1) is 19.7 Å². The van der Waals surface area contributed by atoms with Crippen LogP contribution in [0.15, 0.2) is 66.7 Å². The molecule has 150 valence electrons. The second kappa shape index (κ2) is 8.16. The van der Waals surface area contributed by atoms with Crippen molar-refractivity contribution in [2.24, 2.45) is 0 Å². The molecule has 2 N–H and O–H groups in total. The SMILES string of the molecule is Cc1nc(Oc2ccccc2F)nc(C)c1NC(=O)Nc1ccc2ccccc2c1. The van der Waals surface area contributed by atoms with Gasteiger partial charge >= 0.3 is 12.0 Å². The third kappa shape index (κ3) is 4.20. The van der Waals surface area contributed by atoms with Gasteiger partial charge in [-0.1, -0.05) is 42.5 Å². The lowest BCUT2D eigenvalue weighted by molar-refractivity contribution is 0.262. The number of urea groups is 1. The summed E-state index contributed by atoms with van der Waals surface area (Å²) >= 11 is 0. The van der Waals surface area contributed by atoms with Crippen LogP contribution in [0.3, 0.4) is 0 Å². The minimum Gasteiger partial charge on any atom is -0.421 e. The second-order valence-corrected chi connectivity index (χ2v) is 6.73. The Morgan fingerprint density at radius 2 is 1.53 bits per heavy atom. The van der Waals surface area contributed by atoms with Crippen LogP contribution in [-0.2, 0) is 0 Å². The van der Waals surface area contributed by atoms with Crippen LogP contribution in [0.25, 0.3) is 10.8 Å². The molecule has 0 aliphatic rings. The lowest BCUT2D eigenvalue weighted by atomic mass is 10.1. The number of benzene rings is 3. The Bertz CT molecular complexity index is 1220. The van der Waals surface area contributed by atoms with Crippen LogP contribution in [0.5, 0.6) is 11.8 Å². The number of para-hydroxylation sites is 1. The Labute approximate surface area is 172 Å². The number of aromatic nitrogens is 2. The summed E-state index contributed by atoms with van der Waals surface area (Å²) in [6.07, 6.45) is 0. The number of nitrogens with zero attached hydrogens (tertiary/aromatic N) is 2. The fourth-order valence-electron chi connectivity index (χ4n) is 3.08. The van der Waals surface area contributed by atoms with E-state index in [9.17, 15) is 9.18 Å². The summed E-state index contributed by atoms with van der Waals surface area (Å²) in [4.78, 5) is 20.9. The van der Waals surface area contributed by atoms with E-state index in [1.807, 2.05) is 42.5 Å². The van der Waals surface area contributed by atoms with Crippen LogP contribution in [0.4, 0.5) is 20.6 Å². The van der Waals surface area contributed by atoms with Crippen molar-refractivity contribution in [3.8, 4) is 11.8 Å². The number of anilines is 2. The van der Waals surface area contributed by atoms with Gasteiger partial charge < -0.3 is 15.4 Å². The zero-order valence-electron chi connectivity index (χ0n) is 16.4. The molecule has 7 heteroatoms. The molecule has 0 fully saturated rings. The highest BCUT2D eigenvalue weighted by Gasteiger charge is 2.14. The van der Waals surface area contributed by atoms with Gasteiger partial charge in [-0.15, -0.1) is 0 Å². The van der Waals surface area contributed by atoms with E-state index in [0.717, 1.165) is 10.8 Å². The first-order chi connectivity index (χ1) is 14.5. The lowest BCUT2D eigenvalue weighted by Gasteiger charge is -2.13. The molecule has 0 aliphatic heterocycles. The maximum atomic E-state index is 13.8. The fraction of sp³-hybridized carbons (Fsp3) is 0.0870. The molecule has 0 saturated heterocycles. The number of carbonyl (C=O) groups is 1. The molecule has 0 aliphatic carbocycles. The van der Waals surface area contributed by atoms with Gasteiger partial charge in [-0.25, -0.2) is 9.18 Å². The number of hydrogen-bond donors (Lipinski definition) is 2. The number of fused-ring (bicyclic) bond motifs is 1. The highest BCUT2D eigenvalue weighted by Crippen LogP contribution is 2.25. The van der Waals surface area contributed by atoms with Crippen LogP contribution >= 0.6 is 0 Å². The summed E-state index contributed by atoms with van der Waals surface area (Å²) in [7, 11) is 0. The Morgan fingerprint density at radius 1 is 0.867 bits per heavy atom. The molecule has 0 saturated carbocycles. The summed E-state index contributed by atoms with van der Waals surface area (Å²) < 4.78 is 19.2. The fourth-order valence-corrected chi connectivity index (χ4v) is 3.08. The first kappa shape index (κ1) is 19.3. The summed E-state index contributed by atoms with van der Waals surface area (Å²) in [5.74, 6) is -0.473. The molecule has 30 heavy (non-hydrogen) atoms. The first-order valence-corrected chi connectivity index (χ1v) is 9.34. The van der Waals surface area contributed by atoms with Crippen LogP contribution < -0.4 is 15.4 Å². The normalized spacial score (nSPS) is 10.6. The Balaban J connectivity index is 1.49. The predicted molar refractivity (Wildman–Crippen MR) is 115 cm³/mol. The maximum Gasteiger partial charge on any atom is 0.323 e. The average Bonchev–Trinajstić information content (AvgIpc) is 2.72. The molecule has 0 radical (unpaired) electrons. The van der Waals surface area contributed by atoms with Gasteiger partial charge in [-0.05, 0) is 48.9 Å². The monoisotopic (exact) mass is 402 g/mol. The summed E-state index contributed by atoms with van der Waals surface area (Å²) in [6.45, 7) is 3.43. The van der Waals surface area contributed by atoms with Crippen molar-refractivity contribution in [2.75, 3.05) is 10.6 Å². The van der Waals surface area contributed by atoms with Gasteiger partial charge in [0.25, 0.3) is 0 Å². The van der Waals surface area contributed by atoms with Crippen molar-refractivity contribution in [3.63, 3.8) is 0 Å².